The zero-order valence-electron chi connectivity index (χ0n) is 13.6. The molecule has 2 aromatic rings. The molecule has 0 fully saturated rings. The number of carbonyl (C=O) groups is 1. The van der Waals surface area contributed by atoms with Crippen molar-refractivity contribution in [2.75, 3.05) is 18.4 Å². The first-order chi connectivity index (χ1) is 10.8. The fraction of sp³-hybridized carbons (Fsp3) is 0.235. The van der Waals surface area contributed by atoms with E-state index in [-0.39, 0.29) is 10.8 Å². The van der Waals surface area contributed by atoms with Crippen molar-refractivity contribution in [1.82, 2.24) is 5.32 Å². The summed E-state index contributed by atoms with van der Waals surface area (Å²) < 4.78 is 26.8. The lowest BCUT2D eigenvalue weighted by molar-refractivity contribution is 0.0963. The molecule has 0 heterocycles. The van der Waals surface area contributed by atoms with E-state index in [4.69, 9.17) is 0 Å². The van der Waals surface area contributed by atoms with Crippen LogP contribution in [-0.4, -0.2) is 28.4 Å². The Labute approximate surface area is 137 Å². The fourth-order valence-electron chi connectivity index (χ4n) is 2.23. The van der Waals surface area contributed by atoms with Gasteiger partial charge in [0.2, 0.25) is 0 Å². The topological polar surface area (TPSA) is 66.5 Å². The highest BCUT2D eigenvalue weighted by Crippen LogP contribution is 2.26. The van der Waals surface area contributed by atoms with Gasteiger partial charge in [-0.3, -0.25) is 9.10 Å². The maximum Gasteiger partial charge on any atom is 0.264 e. The largest absolute Gasteiger partial charge is 0.355 e. The van der Waals surface area contributed by atoms with E-state index in [1.165, 1.54) is 18.4 Å². The van der Waals surface area contributed by atoms with Crippen LogP contribution in [0.3, 0.4) is 0 Å². The zero-order valence-corrected chi connectivity index (χ0v) is 14.4. The van der Waals surface area contributed by atoms with E-state index in [2.05, 4.69) is 5.32 Å². The van der Waals surface area contributed by atoms with Crippen LogP contribution in [-0.2, 0) is 10.0 Å². The van der Waals surface area contributed by atoms with Crippen LogP contribution in [0.25, 0.3) is 0 Å². The van der Waals surface area contributed by atoms with Crippen molar-refractivity contribution < 1.29 is 13.2 Å². The number of rotatable bonds is 4. The van der Waals surface area contributed by atoms with Gasteiger partial charge in [0.25, 0.3) is 15.9 Å². The Morgan fingerprint density at radius 3 is 2.22 bits per heavy atom. The number of nitrogens with zero attached hydrogens (tertiary/aromatic N) is 1. The Bertz CT molecular complexity index is 827. The maximum absolute atomic E-state index is 12.8. The number of sulfonamides is 1. The van der Waals surface area contributed by atoms with Gasteiger partial charge in [0.05, 0.1) is 10.6 Å². The summed E-state index contributed by atoms with van der Waals surface area (Å²) in [6.07, 6.45) is 0. The average molecular weight is 332 g/mol. The summed E-state index contributed by atoms with van der Waals surface area (Å²) in [4.78, 5) is 12.0. The first-order valence-corrected chi connectivity index (χ1v) is 8.59. The fourth-order valence-corrected chi connectivity index (χ4v) is 3.48. The minimum atomic E-state index is -3.68. The van der Waals surface area contributed by atoms with Gasteiger partial charge in [-0.15, -0.1) is 0 Å². The molecule has 23 heavy (non-hydrogen) atoms. The van der Waals surface area contributed by atoms with Crippen LogP contribution < -0.4 is 9.62 Å². The lowest BCUT2D eigenvalue weighted by atomic mass is 10.1. The zero-order chi connectivity index (χ0) is 17.2. The number of aryl methyl sites for hydroxylation is 2. The molecule has 2 aromatic carbocycles. The van der Waals surface area contributed by atoms with Gasteiger partial charge in [0, 0.05) is 19.7 Å². The van der Waals surface area contributed by atoms with Gasteiger partial charge in [0.1, 0.15) is 0 Å². The molecule has 0 unspecified atom stereocenters. The molecular formula is C17H20N2O3S. The Morgan fingerprint density at radius 2 is 1.65 bits per heavy atom. The molecule has 0 spiro atoms. The first kappa shape index (κ1) is 17.0. The molecule has 5 nitrogen and oxygen atoms in total. The predicted molar refractivity (Wildman–Crippen MR) is 91.3 cm³/mol. The lowest BCUT2D eigenvalue weighted by Gasteiger charge is -2.22. The van der Waals surface area contributed by atoms with E-state index in [1.807, 2.05) is 13.8 Å². The molecule has 1 amide bonds. The van der Waals surface area contributed by atoms with Crippen molar-refractivity contribution in [3.63, 3.8) is 0 Å². The Kier molecular flexibility index (Phi) is 4.75. The highest BCUT2D eigenvalue weighted by molar-refractivity contribution is 7.92. The highest BCUT2D eigenvalue weighted by Gasteiger charge is 2.23. The summed E-state index contributed by atoms with van der Waals surface area (Å²) in [5.74, 6) is -0.257. The molecule has 0 radical (unpaired) electrons. The number of benzene rings is 2. The van der Waals surface area contributed by atoms with Gasteiger partial charge in [0.15, 0.2) is 0 Å². The van der Waals surface area contributed by atoms with E-state index in [9.17, 15) is 13.2 Å². The molecule has 0 bridgehead atoms. The van der Waals surface area contributed by atoms with Crippen LogP contribution in [0, 0.1) is 13.8 Å². The molecule has 6 heteroatoms. The van der Waals surface area contributed by atoms with Crippen molar-refractivity contribution in [3.05, 3.63) is 59.2 Å². The van der Waals surface area contributed by atoms with Gasteiger partial charge in [-0.2, -0.15) is 0 Å². The molecule has 0 saturated heterocycles. The normalized spacial score (nSPS) is 11.1. The number of hydrogen-bond acceptors (Lipinski definition) is 3. The SMILES string of the molecule is CNC(=O)c1ccc(C)c(N(C)S(=O)(=O)c2ccc(C)cc2)c1. The summed E-state index contributed by atoms with van der Waals surface area (Å²) in [7, 11) is -0.651. The van der Waals surface area contributed by atoms with Crippen molar-refractivity contribution >= 4 is 21.6 Å². The van der Waals surface area contributed by atoms with Crippen LogP contribution in [0.5, 0.6) is 0 Å². The average Bonchev–Trinajstić information content (AvgIpc) is 2.54. The minimum absolute atomic E-state index is 0.218. The Hall–Kier alpha value is -2.34. The minimum Gasteiger partial charge on any atom is -0.355 e. The molecule has 0 aliphatic heterocycles. The standard InChI is InChI=1S/C17H20N2O3S/c1-12-5-9-15(10-6-12)23(21,22)19(4)16-11-14(17(20)18-3)8-7-13(16)2/h5-11H,1-4H3,(H,18,20). The summed E-state index contributed by atoms with van der Waals surface area (Å²) in [5.41, 5.74) is 2.66. The Balaban J connectivity index is 2.48. The van der Waals surface area contributed by atoms with Crippen LogP contribution in [0.15, 0.2) is 47.4 Å². The second-order valence-corrected chi connectivity index (χ2v) is 7.34. The second-order valence-electron chi connectivity index (χ2n) is 5.37. The number of hydrogen-bond donors (Lipinski definition) is 1. The van der Waals surface area contributed by atoms with Gasteiger partial charge in [-0.25, -0.2) is 8.42 Å². The van der Waals surface area contributed by atoms with Crippen LogP contribution in [0.4, 0.5) is 5.69 Å². The van der Waals surface area contributed by atoms with E-state index in [1.54, 1.807) is 42.5 Å². The second kappa shape index (κ2) is 6.42. The molecule has 1 N–H and O–H groups in total. The molecule has 0 atom stereocenters. The monoisotopic (exact) mass is 332 g/mol. The van der Waals surface area contributed by atoms with Crippen molar-refractivity contribution in [2.24, 2.45) is 0 Å². The van der Waals surface area contributed by atoms with Gasteiger partial charge < -0.3 is 5.32 Å². The first-order valence-electron chi connectivity index (χ1n) is 7.15. The number of carbonyl (C=O) groups excluding carboxylic acids is 1. The Morgan fingerprint density at radius 1 is 1.04 bits per heavy atom. The molecular weight excluding hydrogens is 312 g/mol. The smallest absolute Gasteiger partial charge is 0.264 e. The molecule has 122 valence electrons. The predicted octanol–water partition coefficient (Wildman–Crippen LogP) is 2.49. The third kappa shape index (κ3) is 3.37. The molecule has 0 aromatic heterocycles. The van der Waals surface area contributed by atoms with E-state index < -0.39 is 10.0 Å². The van der Waals surface area contributed by atoms with Crippen LogP contribution in [0.2, 0.25) is 0 Å². The van der Waals surface area contributed by atoms with Gasteiger partial charge in [-0.05, 0) is 43.7 Å². The quantitative estimate of drug-likeness (QED) is 0.935. The van der Waals surface area contributed by atoms with E-state index in [0.717, 1.165) is 11.1 Å². The number of anilines is 1. The van der Waals surface area contributed by atoms with Crippen molar-refractivity contribution in [2.45, 2.75) is 18.7 Å². The van der Waals surface area contributed by atoms with Crippen LogP contribution >= 0.6 is 0 Å². The van der Waals surface area contributed by atoms with Crippen molar-refractivity contribution in [3.8, 4) is 0 Å². The molecule has 2 rings (SSSR count). The van der Waals surface area contributed by atoms with E-state index in [0.29, 0.717) is 11.3 Å². The van der Waals surface area contributed by atoms with Crippen LogP contribution in [0.1, 0.15) is 21.5 Å². The number of amides is 1. The summed E-state index contributed by atoms with van der Waals surface area (Å²) >= 11 is 0. The molecule has 0 saturated carbocycles. The van der Waals surface area contributed by atoms with Gasteiger partial charge in [-0.1, -0.05) is 23.8 Å². The third-order valence-corrected chi connectivity index (χ3v) is 5.50. The van der Waals surface area contributed by atoms with Crippen molar-refractivity contribution in [1.29, 1.82) is 0 Å². The summed E-state index contributed by atoms with van der Waals surface area (Å²) in [6.45, 7) is 3.71. The summed E-state index contributed by atoms with van der Waals surface area (Å²) in [5, 5.41) is 2.54. The molecule has 0 aliphatic rings. The lowest BCUT2D eigenvalue weighted by Crippen LogP contribution is -2.28. The van der Waals surface area contributed by atoms with E-state index >= 15 is 0 Å². The third-order valence-electron chi connectivity index (χ3n) is 3.72. The number of nitrogens with one attached hydrogen (secondary N) is 1. The maximum atomic E-state index is 12.8. The highest BCUT2D eigenvalue weighted by atomic mass is 32.2. The van der Waals surface area contributed by atoms with Gasteiger partial charge >= 0.3 is 0 Å². The molecule has 0 aliphatic carbocycles. The summed E-state index contributed by atoms with van der Waals surface area (Å²) in [6, 6.07) is 11.7.